The molecule has 56 heavy (non-hydrogen) atoms. The molecule has 3 heterocycles. The van der Waals surface area contributed by atoms with Crippen LogP contribution in [-0.4, -0.2) is 4.57 Å². The minimum atomic E-state index is 0.870. The highest BCUT2D eigenvalue weighted by Gasteiger charge is 2.19. The first kappa shape index (κ1) is 30.9. The van der Waals surface area contributed by atoms with Gasteiger partial charge in [-0.1, -0.05) is 97.1 Å². The molecule has 0 aliphatic heterocycles. The Labute approximate surface area is 321 Å². The molecule has 0 fully saturated rings. The van der Waals surface area contributed by atoms with Gasteiger partial charge in [0.15, 0.2) is 0 Å². The average molecular weight is 717 g/mol. The van der Waals surface area contributed by atoms with Crippen LogP contribution in [0.3, 0.4) is 0 Å². The van der Waals surface area contributed by atoms with Gasteiger partial charge in [0.2, 0.25) is 0 Å². The minimum Gasteiger partial charge on any atom is -0.456 e. The van der Waals surface area contributed by atoms with Gasteiger partial charge in [-0.05, 0) is 108 Å². The molecule has 4 nitrogen and oxygen atoms in total. The molecule has 0 saturated heterocycles. The van der Waals surface area contributed by atoms with Crippen molar-refractivity contribution < 1.29 is 8.83 Å². The van der Waals surface area contributed by atoms with E-state index in [1.165, 1.54) is 10.8 Å². The number of aromatic nitrogens is 1. The van der Waals surface area contributed by atoms with Gasteiger partial charge in [0.05, 0.1) is 11.0 Å². The van der Waals surface area contributed by atoms with Crippen LogP contribution < -0.4 is 4.90 Å². The molecular formula is C52H32N2O2. The van der Waals surface area contributed by atoms with Crippen molar-refractivity contribution in [3.05, 3.63) is 194 Å². The van der Waals surface area contributed by atoms with Crippen molar-refractivity contribution in [2.45, 2.75) is 0 Å². The molecule has 9 aromatic carbocycles. The second-order valence-corrected chi connectivity index (χ2v) is 14.5. The highest BCUT2D eigenvalue weighted by molar-refractivity contribution is 6.21. The number of rotatable bonds is 5. The fraction of sp³-hybridized carbons (Fsp3) is 0. The second-order valence-electron chi connectivity index (χ2n) is 14.5. The fourth-order valence-corrected chi connectivity index (χ4v) is 8.76. The Balaban J connectivity index is 1.04. The van der Waals surface area contributed by atoms with Crippen LogP contribution in [0.15, 0.2) is 203 Å². The summed E-state index contributed by atoms with van der Waals surface area (Å²) in [6, 6.07) is 69.1. The summed E-state index contributed by atoms with van der Waals surface area (Å²) in [5, 5.41) is 9.19. The molecule has 262 valence electrons. The minimum absolute atomic E-state index is 0.870. The maximum Gasteiger partial charge on any atom is 0.143 e. The molecule has 0 radical (unpaired) electrons. The van der Waals surface area contributed by atoms with Crippen molar-refractivity contribution in [3.8, 4) is 16.8 Å². The van der Waals surface area contributed by atoms with Gasteiger partial charge in [0.1, 0.15) is 22.3 Å². The number of hydrogen-bond acceptors (Lipinski definition) is 3. The van der Waals surface area contributed by atoms with Gasteiger partial charge in [-0.3, -0.25) is 0 Å². The third-order valence-electron chi connectivity index (χ3n) is 11.3. The average Bonchev–Trinajstić information content (AvgIpc) is 3.93. The van der Waals surface area contributed by atoms with Crippen molar-refractivity contribution in [1.82, 2.24) is 4.57 Å². The first-order valence-electron chi connectivity index (χ1n) is 19.0. The Kier molecular flexibility index (Phi) is 6.60. The zero-order valence-corrected chi connectivity index (χ0v) is 30.2. The van der Waals surface area contributed by atoms with Crippen molar-refractivity contribution in [2.24, 2.45) is 0 Å². The molecule has 0 unspecified atom stereocenters. The SMILES string of the molecule is c1ccc(N(c2cccc(-c3ccc4c(c3)c3cc5ccc6c7ccccc7oc6c5cc3n4-c3ccccc3)c2)c2ccc3c(c2)oc2ccccc23)cc1. The molecule has 4 heteroatoms. The zero-order chi connectivity index (χ0) is 36.7. The van der Waals surface area contributed by atoms with Crippen LogP contribution in [0.4, 0.5) is 17.1 Å². The standard InChI is InChI=1S/C52H32N2O2/c1-3-13-36(14-4-1)53(39-24-26-42-40-18-7-9-20-49(40)55-51(42)31-39)38-17-11-12-33(28-38)34-23-27-47-45(29-34)46-30-35-22-25-43-41-19-8-10-21-50(41)56-52(43)44(35)32-48(46)54(47)37-15-5-2-6-16-37/h1-32H. The van der Waals surface area contributed by atoms with Crippen LogP contribution in [0.25, 0.3) is 93.3 Å². The lowest BCUT2D eigenvalue weighted by Gasteiger charge is -2.26. The number of para-hydroxylation sites is 4. The predicted octanol–water partition coefficient (Wildman–Crippen LogP) is 14.9. The molecule has 0 atom stereocenters. The largest absolute Gasteiger partial charge is 0.456 e. The van der Waals surface area contributed by atoms with Gasteiger partial charge in [-0.15, -0.1) is 0 Å². The molecule has 0 N–H and O–H groups in total. The lowest BCUT2D eigenvalue weighted by molar-refractivity contribution is 0.669. The molecule has 0 aliphatic rings. The maximum atomic E-state index is 6.52. The third kappa shape index (κ3) is 4.66. The monoisotopic (exact) mass is 716 g/mol. The van der Waals surface area contributed by atoms with Gasteiger partial charge in [0.25, 0.3) is 0 Å². The molecule has 0 spiro atoms. The number of anilines is 3. The van der Waals surface area contributed by atoms with E-state index >= 15 is 0 Å². The number of fused-ring (bicyclic) bond motifs is 11. The normalized spacial score (nSPS) is 11.9. The summed E-state index contributed by atoms with van der Waals surface area (Å²) < 4.78 is 15.3. The second kappa shape index (κ2) is 12.0. The van der Waals surface area contributed by atoms with Gasteiger partial charge >= 0.3 is 0 Å². The molecule has 0 amide bonds. The van der Waals surface area contributed by atoms with E-state index in [1.54, 1.807) is 0 Å². The van der Waals surface area contributed by atoms with Crippen LogP contribution in [0.2, 0.25) is 0 Å². The zero-order valence-electron chi connectivity index (χ0n) is 30.2. The van der Waals surface area contributed by atoms with E-state index in [-0.39, 0.29) is 0 Å². The third-order valence-corrected chi connectivity index (χ3v) is 11.3. The first-order chi connectivity index (χ1) is 27.7. The van der Waals surface area contributed by atoms with Gasteiger partial charge in [0, 0.05) is 66.5 Å². The Morgan fingerprint density at radius 2 is 0.982 bits per heavy atom. The Morgan fingerprint density at radius 1 is 0.339 bits per heavy atom. The summed E-state index contributed by atoms with van der Waals surface area (Å²) in [5.74, 6) is 0. The smallest absolute Gasteiger partial charge is 0.143 e. The molecule has 0 saturated carbocycles. The van der Waals surface area contributed by atoms with Gasteiger partial charge in [-0.25, -0.2) is 0 Å². The Morgan fingerprint density at radius 3 is 1.82 bits per heavy atom. The summed E-state index contributed by atoms with van der Waals surface area (Å²) in [5.41, 5.74) is 12.5. The maximum absolute atomic E-state index is 6.52. The van der Waals surface area contributed by atoms with Gasteiger partial charge < -0.3 is 18.3 Å². The summed E-state index contributed by atoms with van der Waals surface area (Å²) in [7, 11) is 0. The molecule has 3 aromatic heterocycles. The highest BCUT2D eigenvalue weighted by atomic mass is 16.3. The van der Waals surface area contributed by atoms with Crippen molar-refractivity contribution in [2.75, 3.05) is 4.90 Å². The Bertz CT molecular complexity index is 3480. The lowest BCUT2D eigenvalue weighted by Crippen LogP contribution is -2.09. The summed E-state index contributed by atoms with van der Waals surface area (Å²) in [6.45, 7) is 0. The molecule has 0 bridgehead atoms. The summed E-state index contributed by atoms with van der Waals surface area (Å²) >= 11 is 0. The van der Waals surface area contributed by atoms with E-state index in [4.69, 9.17) is 8.83 Å². The predicted molar refractivity (Wildman–Crippen MR) is 233 cm³/mol. The number of nitrogens with zero attached hydrogens (tertiary/aromatic N) is 2. The van der Waals surface area contributed by atoms with Crippen molar-refractivity contribution in [3.63, 3.8) is 0 Å². The molecule has 0 aliphatic carbocycles. The van der Waals surface area contributed by atoms with E-state index in [1.807, 2.05) is 18.2 Å². The summed E-state index contributed by atoms with van der Waals surface area (Å²) in [6.07, 6.45) is 0. The number of furan rings is 2. The van der Waals surface area contributed by atoms with Crippen LogP contribution in [-0.2, 0) is 0 Å². The molecule has 12 aromatic rings. The quantitative estimate of drug-likeness (QED) is 0.178. The first-order valence-corrected chi connectivity index (χ1v) is 19.0. The fourth-order valence-electron chi connectivity index (χ4n) is 8.76. The lowest BCUT2D eigenvalue weighted by atomic mass is 10.00. The van der Waals surface area contributed by atoms with Crippen LogP contribution in [0, 0.1) is 0 Å². The van der Waals surface area contributed by atoms with E-state index < -0.39 is 0 Å². The number of hydrogen-bond donors (Lipinski definition) is 0. The van der Waals surface area contributed by atoms with E-state index in [2.05, 4.69) is 185 Å². The Hall–Kier alpha value is -7.56. The highest BCUT2D eigenvalue weighted by Crippen LogP contribution is 2.43. The molecule has 12 rings (SSSR count). The van der Waals surface area contributed by atoms with Gasteiger partial charge in [-0.2, -0.15) is 0 Å². The van der Waals surface area contributed by atoms with Crippen LogP contribution >= 0.6 is 0 Å². The molecular weight excluding hydrogens is 685 g/mol. The van der Waals surface area contributed by atoms with E-state index in [9.17, 15) is 0 Å². The van der Waals surface area contributed by atoms with Crippen molar-refractivity contribution >= 4 is 93.5 Å². The van der Waals surface area contributed by atoms with Crippen LogP contribution in [0.1, 0.15) is 0 Å². The van der Waals surface area contributed by atoms with E-state index in [0.717, 1.165) is 99.6 Å². The van der Waals surface area contributed by atoms with Crippen molar-refractivity contribution in [1.29, 1.82) is 0 Å². The topological polar surface area (TPSA) is 34.5 Å². The summed E-state index contributed by atoms with van der Waals surface area (Å²) in [4.78, 5) is 2.31. The van der Waals surface area contributed by atoms with Crippen LogP contribution in [0.5, 0.6) is 0 Å². The number of benzene rings is 9. The van der Waals surface area contributed by atoms with E-state index in [0.29, 0.717) is 0 Å².